The molecule has 0 bridgehead atoms. The largest absolute Gasteiger partial charge is 0.346 e. The van der Waals surface area contributed by atoms with Crippen molar-refractivity contribution in [3.8, 4) is 0 Å². The zero-order valence-electron chi connectivity index (χ0n) is 13.1. The standard InChI is InChI=1S/C16H19N5O/c1-4-14-17-8-12-9-21(10-13(12)19-14)15-6-5-11(7-18-15)16(22)20(2)3/h5-8H,4,9-10H2,1-3H3. The molecule has 2 aromatic heterocycles. The van der Waals surface area contributed by atoms with Crippen molar-refractivity contribution in [2.24, 2.45) is 0 Å². The minimum Gasteiger partial charge on any atom is -0.346 e. The van der Waals surface area contributed by atoms with E-state index in [9.17, 15) is 4.79 Å². The van der Waals surface area contributed by atoms with E-state index in [1.165, 1.54) is 0 Å². The SMILES string of the molecule is CCc1ncc2c(n1)CN(c1ccc(C(=O)N(C)C)cn1)C2. The predicted octanol–water partition coefficient (Wildman–Crippen LogP) is 1.66. The number of anilines is 1. The number of fused-ring (bicyclic) bond motifs is 1. The lowest BCUT2D eigenvalue weighted by atomic mass is 10.2. The van der Waals surface area contributed by atoms with E-state index < -0.39 is 0 Å². The highest BCUT2D eigenvalue weighted by Crippen LogP contribution is 2.25. The van der Waals surface area contributed by atoms with E-state index in [0.29, 0.717) is 5.56 Å². The van der Waals surface area contributed by atoms with Gasteiger partial charge in [-0.25, -0.2) is 15.0 Å². The smallest absolute Gasteiger partial charge is 0.254 e. The van der Waals surface area contributed by atoms with Gasteiger partial charge in [0.15, 0.2) is 0 Å². The second kappa shape index (κ2) is 5.71. The van der Waals surface area contributed by atoms with E-state index in [-0.39, 0.29) is 5.91 Å². The van der Waals surface area contributed by atoms with Gasteiger partial charge in [-0.2, -0.15) is 0 Å². The van der Waals surface area contributed by atoms with Gasteiger partial charge in [-0.05, 0) is 12.1 Å². The molecule has 1 aliphatic heterocycles. The van der Waals surface area contributed by atoms with E-state index in [1.807, 2.05) is 18.3 Å². The van der Waals surface area contributed by atoms with Crippen LogP contribution in [0.15, 0.2) is 24.5 Å². The quantitative estimate of drug-likeness (QED) is 0.862. The lowest BCUT2D eigenvalue weighted by Gasteiger charge is -2.16. The number of hydrogen-bond acceptors (Lipinski definition) is 5. The second-order valence-electron chi connectivity index (χ2n) is 5.57. The van der Waals surface area contributed by atoms with Crippen LogP contribution in [0, 0.1) is 0 Å². The summed E-state index contributed by atoms with van der Waals surface area (Å²) in [5.74, 6) is 1.69. The summed E-state index contributed by atoms with van der Waals surface area (Å²) in [6, 6.07) is 3.70. The zero-order valence-corrected chi connectivity index (χ0v) is 13.1. The third-order valence-electron chi connectivity index (χ3n) is 3.75. The van der Waals surface area contributed by atoms with Gasteiger partial charge in [0, 0.05) is 45.0 Å². The van der Waals surface area contributed by atoms with Crippen LogP contribution in [0.5, 0.6) is 0 Å². The molecule has 0 unspecified atom stereocenters. The molecule has 0 spiro atoms. The first-order valence-electron chi connectivity index (χ1n) is 7.34. The van der Waals surface area contributed by atoms with Crippen LogP contribution >= 0.6 is 0 Å². The highest BCUT2D eigenvalue weighted by atomic mass is 16.2. The molecule has 0 radical (unpaired) electrons. The van der Waals surface area contributed by atoms with E-state index >= 15 is 0 Å². The summed E-state index contributed by atoms with van der Waals surface area (Å²) in [6.07, 6.45) is 4.38. The minimum absolute atomic E-state index is 0.0396. The van der Waals surface area contributed by atoms with Crippen molar-refractivity contribution in [2.45, 2.75) is 26.4 Å². The Balaban J connectivity index is 1.78. The maximum absolute atomic E-state index is 11.9. The maximum Gasteiger partial charge on any atom is 0.254 e. The third-order valence-corrected chi connectivity index (χ3v) is 3.75. The Bertz CT molecular complexity index is 696. The number of aromatic nitrogens is 3. The van der Waals surface area contributed by atoms with Crippen molar-refractivity contribution < 1.29 is 4.79 Å². The number of aryl methyl sites for hydroxylation is 1. The van der Waals surface area contributed by atoms with Gasteiger partial charge in [-0.15, -0.1) is 0 Å². The number of amides is 1. The molecule has 0 aromatic carbocycles. The molecular formula is C16H19N5O. The van der Waals surface area contributed by atoms with E-state index in [1.54, 1.807) is 25.2 Å². The van der Waals surface area contributed by atoms with Crippen LogP contribution in [0.3, 0.4) is 0 Å². The van der Waals surface area contributed by atoms with E-state index in [0.717, 1.165) is 42.4 Å². The molecular weight excluding hydrogens is 278 g/mol. The first-order chi connectivity index (χ1) is 10.6. The van der Waals surface area contributed by atoms with Crippen LogP contribution in [-0.2, 0) is 19.5 Å². The van der Waals surface area contributed by atoms with Crippen molar-refractivity contribution in [1.82, 2.24) is 19.9 Å². The Hall–Kier alpha value is -2.50. The minimum atomic E-state index is -0.0396. The molecule has 22 heavy (non-hydrogen) atoms. The van der Waals surface area contributed by atoms with Crippen LogP contribution < -0.4 is 4.90 Å². The first kappa shape index (κ1) is 14.4. The number of pyridine rings is 1. The molecule has 3 heterocycles. The topological polar surface area (TPSA) is 62.2 Å². The van der Waals surface area contributed by atoms with Crippen molar-refractivity contribution in [1.29, 1.82) is 0 Å². The molecule has 1 amide bonds. The molecule has 2 aromatic rings. The Morgan fingerprint density at radius 1 is 1.23 bits per heavy atom. The van der Waals surface area contributed by atoms with E-state index in [2.05, 4.69) is 26.8 Å². The first-order valence-corrected chi connectivity index (χ1v) is 7.34. The third kappa shape index (κ3) is 2.64. The molecule has 0 saturated carbocycles. The zero-order chi connectivity index (χ0) is 15.7. The van der Waals surface area contributed by atoms with Gasteiger partial charge in [-0.1, -0.05) is 6.92 Å². The van der Waals surface area contributed by atoms with Gasteiger partial charge in [0.2, 0.25) is 0 Å². The van der Waals surface area contributed by atoms with Crippen molar-refractivity contribution in [2.75, 3.05) is 19.0 Å². The Morgan fingerprint density at radius 3 is 2.68 bits per heavy atom. The average molecular weight is 297 g/mol. The van der Waals surface area contributed by atoms with Crippen LogP contribution in [0.2, 0.25) is 0 Å². The van der Waals surface area contributed by atoms with Gasteiger partial charge < -0.3 is 9.80 Å². The molecule has 0 N–H and O–H groups in total. The van der Waals surface area contributed by atoms with Crippen LogP contribution in [0.25, 0.3) is 0 Å². The van der Waals surface area contributed by atoms with Gasteiger partial charge in [0.25, 0.3) is 5.91 Å². The van der Waals surface area contributed by atoms with Crippen LogP contribution in [0.1, 0.15) is 34.4 Å². The summed E-state index contributed by atoms with van der Waals surface area (Å²) in [5, 5.41) is 0. The average Bonchev–Trinajstić information content (AvgIpc) is 2.97. The van der Waals surface area contributed by atoms with Gasteiger partial charge in [-0.3, -0.25) is 4.79 Å². The molecule has 114 valence electrons. The van der Waals surface area contributed by atoms with Crippen molar-refractivity contribution in [3.63, 3.8) is 0 Å². The number of carbonyl (C=O) groups is 1. The fourth-order valence-electron chi connectivity index (χ4n) is 2.48. The molecule has 0 aliphatic carbocycles. The lowest BCUT2D eigenvalue weighted by molar-refractivity contribution is 0.0827. The normalized spacial score (nSPS) is 13.1. The Morgan fingerprint density at radius 2 is 2.05 bits per heavy atom. The number of hydrogen-bond donors (Lipinski definition) is 0. The van der Waals surface area contributed by atoms with Crippen LogP contribution in [-0.4, -0.2) is 39.9 Å². The van der Waals surface area contributed by atoms with Crippen LogP contribution in [0.4, 0.5) is 5.82 Å². The molecule has 0 saturated heterocycles. The Labute approximate surface area is 129 Å². The number of carbonyl (C=O) groups excluding carboxylic acids is 1. The maximum atomic E-state index is 11.9. The summed E-state index contributed by atoms with van der Waals surface area (Å²) in [6.45, 7) is 3.54. The highest BCUT2D eigenvalue weighted by Gasteiger charge is 2.22. The van der Waals surface area contributed by atoms with Gasteiger partial charge in [0.1, 0.15) is 11.6 Å². The molecule has 0 fully saturated rings. The molecule has 0 atom stereocenters. The highest BCUT2D eigenvalue weighted by molar-refractivity contribution is 5.93. The molecule has 1 aliphatic rings. The van der Waals surface area contributed by atoms with Gasteiger partial charge in [0.05, 0.1) is 17.8 Å². The van der Waals surface area contributed by atoms with Crippen molar-refractivity contribution >= 4 is 11.7 Å². The molecule has 6 heteroatoms. The summed E-state index contributed by atoms with van der Waals surface area (Å²) < 4.78 is 0. The second-order valence-corrected chi connectivity index (χ2v) is 5.57. The molecule has 3 rings (SSSR count). The monoisotopic (exact) mass is 297 g/mol. The number of nitrogens with zero attached hydrogens (tertiary/aromatic N) is 5. The summed E-state index contributed by atoms with van der Waals surface area (Å²) in [4.78, 5) is 28.9. The summed E-state index contributed by atoms with van der Waals surface area (Å²) in [5.41, 5.74) is 2.81. The predicted molar refractivity (Wildman–Crippen MR) is 83.6 cm³/mol. The van der Waals surface area contributed by atoms with E-state index in [4.69, 9.17) is 0 Å². The fourth-order valence-corrected chi connectivity index (χ4v) is 2.48. The summed E-state index contributed by atoms with van der Waals surface area (Å²) >= 11 is 0. The fraction of sp³-hybridized carbons (Fsp3) is 0.375. The lowest BCUT2D eigenvalue weighted by Crippen LogP contribution is -2.22. The summed E-state index contributed by atoms with van der Waals surface area (Å²) in [7, 11) is 3.47. The van der Waals surface area contributed by atoms with Gasteiger partial charge >= 0.3 is 0 Å². The van der Waals surface area contributed by atoms with Crippen molar-refractivity contribution in [3.05, 3.63) is 47.2 Å². The molecule has 6 nitrogen and oxygen atoms in total. The Kier molecular flexibility index (Phi) is 3.75. The number of rotatable bonds is 3.